The maximum absolute atomic E-state index is 12.3. The number of hydrogen-bond donors (Lipinski definition) is 2. The van der Waals surface area contributed by atoms with Gasteiger partial charge in [0.15, 0.2) is 0 Å². The van der Waals surface area contributed by atoms with Crippen LogP contribution in [0.15, 0.2) is 72.8 Å². The molecule has 0 fully saturated rings. The van der Waals surface area contributed by atoms with Crippen molar-refractivity contribution in [3.63, 3.8) is 0 Å². The van der Waals surface area contributed by atoms with E-state index >= 15 is 0 Å². The molecule has 0 saturated carbocycles. The number of carboxylic acid groups (broad SMARTS) is 1. The first-order valence-electron chi connectivity index (χ1n) is 10.4. The van der Waals surface area contributed by atoms with Crippen molar-refractivity contribution >= 4 is 17.6 Å². The molecule has 1 atom stereocenters. The van der Waals surface area contributed by atoms with Crippen LogP contribution in [-0.2, 0) is 16.0 Å². The van der Waals surface area contributed by atoms with E-state index in [0.29, 0.717) is 13.0 Å². The van der Waals surface area contributed by atoms with Gasteiger partial charge in [0.25, 0.3) is 0 Å². The first kappa shape index (κ1) is 23.6. The van der Waals surface area contributed by atoms with Gasteiger partial charge < -0.3 is 15.2 Å². The van der Waals surface area contributed by atoms with Gasteiger partial charge >= 0.3 is 5.97 Å². The summed E-state index contributed by atoms with van der Waals surface area (Å²) in [6, 6.07) is 20.8. The Morgan fingerprint density at radius 2 is 1.70 bits per heavy atom. The summed E-state index contributed by atoms with van der Waals surface area (Å²) >= 11 is 0. The molecule has 0 aliphatic carbocycles. The second-order valence-electron chi connectivity index (χ2n) is 7.48. The van der Waals surface area contributed by atoms with E-state index in [1.54, 1.807) is 0 Å². The first-order chi connectivity index (χ1) is 15.8. The molecule has 3 aromatic rings. The summed E-state index contributed by atoms with van der Waals surface area (Å²) in [5.74, 6) is -1.71. The largest absolute Gasteiger partial charge is 0.478 e. The Morgan fingerprint density at radius 1 is 1.03 bits per heavy atom. The molecule has 170 valence electrons. The molecule has 0 bridgehead atoms. The van der Waals surface area contributed by atoms with Crippen LogP contribution in [0.25, 0.3) is 11.1 Å². The maximum Gasteiger partial charge on any atom is 0.335 e. The molecule has 0 aliphatic rings. The monoisotopic (exact) mass is 448 g/mol. The number of anilines is 1. The number of nitrogens with one attached hydrogen (secondary N) is 1. The van der Waals surface area contributed by atoms with Crippen LogP contribution in [0.2, 0.25) is 0 Å². The summed E-state index contributed by atoms with van der Waals surface area (Å²) in [7, 11) is 0. The van der Waals surface area contributed by atoms with Crippen molar-refractivity contribution in [1.82, 2.24) is 0 Å². The highest BCUT2D eigenvalue weighted by Gasteiger charge is 2.22. The predicted molar refractivity (Wildman–Crippen MR) is 124 cm³/mol. The summed E-state index contributed by atoms with van der Waals surface area (Å²) in [4.78, 5) is 34.2. The van der Waals surface area contributed by atoms with Gasteiger partial charge in [0.2, 0.25) is 11.9 Å². The Labute approximate surface area is 191 Å². The lowest BCUT2D eigenvalue weighted by Gasteiger charge is -2.13. The molecule has 3 rings (SSSR count). The van der Waals surface area contributed by atoms with Crippen LogP contribution in [-0.4, -0.2) is 35.1 Å². The van der Waals surface area contributed by atoms with Crippen molar-refractivity contribution in [3.8, 4) is 11.1 Å². The van der Waals surface area contributed by atoms with Gasteiger partial charge in [-0.05, 0) is 41.3 Å². The number of ether oxygens (including phenoxy) is 1. The molecule has 33 heavy (non-hydrogen) atoms. The van der Waals surface area contributed by atoms with Crippen molar-refractivity contribution in [1.29, 1.82) is 0 Å². The lowest BCUT2D eigenvalue weighted by atomic mass is 10.0. The third-order valence-corrected chi connectivity index (χ3v) is 5.17. The molecule has 1 unspecified atom stereocenters. The van der Waals surface area contributed by atoms with Crippen molar-refractivity contribution < 1.29 is 24.4 Å². The minimum Gasteiger partial charge on any atom is -0.478 e. The van der Waals surface area contributed by atoms with Crippen LogP contribution in [0, 0.1) is 10.1 Å². The molecule has 8 nitrogen and oxygen atoms in total. The Morgan fingerprint density at radius 3 is 2.33 bits per heavy atom. The molecule has 1 amide bonds. The molecular formula is C25H24N2O6. The summed E-state index contributed by atoms with van der Waals surface area (Å²) in [6.45, 7) is 1.42. The second kappa shape index (κ2) is 11.0. The fourth-order valence-electron chi connectivity index (χ4n) is 3.31. The fourth-order valence-corrected chi connectivity index (χ4v) is 3.31. The van der Waals surface area contributed by atoms with E-state index in [2.05, 4.69) is 5.32 Å². The topological polar surface area (TPSA) is 119 Å². The average Bonchev–Trinajstić information content (AvgIpc) is 2.82. The summed E-state index contributed by atoms with van der Waals surface area (Å²) < 4.78 is 5.45. The highest BCUT2D eigenvalue weighted by atomic mass is 16.6. The summed E-state index contributed by atoms with van der Waals surface area (Å²) in [5.41, 5.74) is 3.54. The number of carbonyl (C=O) groups excluding carboxylic acids is 1. The number of carboxylic acids is 1. The van der Waals surface area contributed by atoms with E-state index < -0.39 is 22.8 Å². The minimum atomic E-state index is -1.19. The van der Waals surface area contributed by atoms with Crippen LogP contribution < -0.4 is 5.32 Å². The number of benzene rings is 3. The van der Waals surface area contributed by atoms with Crippen LogP contribution in [0.5, 0.6) is 0 Å². The SMILES string of the molecule is CC(c1ccc(C(=O)O)cc1NC(=O)COCCc1ccc(-c2ccccc2)cc1)[N+](=O)[O-]. The van der Waals surface area contributed by atoms with Crippen molar-refractivity contribution in [3.05, 3.63) is 99.6 Å². The van der Waals surface area contributed by atoms with Crippen molar-refractivity contribution in [2.24, 2.45) is 0 Å². The van der Waals surface area contributed by atoms with Gasteiger partial charge in [-0.2, -0.15) is 0 Å². The first-order valence-corrected chi connectivity index (χ1v) is 10.4. The van der Waals surface area contributed by atoms with Gasteiger partial charge in [-0.25, -0.2) is 4.79 Å². The summed E-state index contributed by atoms with van der Waals surface area (Å²) in [5, 5.41) is 22.9. The van der Waals surface area contributed by atoms with E-state index in [4.69, 9.17) is 4.74 Å². The fraction of sp³-hybridized carbons (Fsp3) is 0.200. The highest BCUT2D eigenvalue weighted by molar-refractivity contribution is 5.95. The van der Waals surface area contributed by atoms with E-state index in [-0.39, 0.29) is 23.4 Å². The van der Waals surface area contributed by atoms with E-state index in [1.807, 2.05) is 54.6 Å². The molecule has 0 spiro atoms. The van der Waals surface area contributed by atoms with Gasteiger partial charge in [-0.1, -0.05) is 54.6 Å². The lowest BCUT2D eigenvalue weighted by molar-refractivity contribution is -0.524. The second-order valence-corrected chi connectivity index (χ2v) is 7.48. The third-order valence-electron chi connectivity index (χ3n) is 5.17. The zero-order chi connectivity index (χ0) is 23.8. The summed E-state index contributed by atoms with van der Waals surface area (Å²) in [6.07, 6.45) is 0.612. The number of nitro groups is 1. The molecule has 8 heteroatoms. The number of nitrogens with zero attached hydrogens (tertiary/aromatic N) is 1. The van der Waals surface area contributed by atoms with Crippen LogP contribution in [0.1, 0.15) is 34.5 Å². The van der Waals surface area contributed by atoms with Crippen LogP contribution in [0.4, 0.5) is 5.69 Å². The molecule has 0 aromatic heterocycles. The molecule has 3 aromatic carbocycles. The normalized spacial score (nSPS) is 11.5. The zero-order valence-corrected chi connectivity index (χ0v) is 18.1. The minimum absolute atomic E-state index is 0.0792. The Balaban J connectivity index is 1.54. The molecule has 0 saturated heterocycles. The Hall–Kier alpha value is -4.04. The number of amides is 1. The number of carbonyl (C=O) groups is 2. The number of aromatic carboxylic acids is 1. The van der Waals surface area contributed by atoms with Crippen LogP contribution in [0.3, 0.4) is 0 Å². The third kappa shape index (κ3) is 6.47. The maximum atomic E-state index is 12.3. The van der Waals surface area contributed by atoms with E-state index in [1.165, 1.54) is 25.1 Å². The quantitative estimate of drug-likeness (QED) is 0.266. The van der Waals surface area contributed by atoms with E-state index in [0.717, 1.165) is 16.7 Å². The van der Waals surface area contributed by atoms with Crippen molar-refractivity contribution in [2.75, 3.05) is 18.5 Å². The highest BCUT2D eigenvalue weighted by Crippen LogP contribution is 2.26. The molecular weight excluding hydrogens is 424 g/mol. The molecule has 0 heterocycles. The number of hydrogen-bond acceptors (Lipinski definition) is 5. The zero-order valence-electron chi connectivity index (χ0n) is 18.1. The molecule has 0 aliphatic heterocycles. The van der Waals surface area contributed by atoms with Crippen LogP contribution >= 0.6 is 0 Å². The Bertz CT molecular complexity index is 1130. The smallest absolute Gasteiger partial charge is 0.335 e. The van der Waals surface area contributed by atoms with Gasteiger partial charge in [-0.15, -0.1) is 0 Å². The van der Waals surface area contributed by atoms with E-state index in [9.17, 15) is 24.8 Å². The van der Waals surface area contributed by atoms with Gasteiger partial charge in [0.05, 0.1) is 17.9 Å². The lowest BCUT2D eigenvalue weighted by Crippen LogP contribution is -2.21. The van der Waals surface area contributed by atoms with Gasteiger partial charge in [0.1, 0.15) is 6.61 Å². The average molecular weight is 448 g/mol. The molecule has 0 radical (unpaired) electrons. The predicted octanol–water partition coefficient (Wildman–Crippen LogP) is 4.59. The van der Waals surface area contributed by atoms with Gasteiger partial charge in [0, 0.05) is 17.4 Å². The van der Waals surface area contributed by atoms with Gasteiger partial charge in [-0.3, -0.25) is 14.9 Å². The standard InChI is InChI=1S/C25H24N2O6/c1-17(27(31)32)22-12-11-21(25(29)30)15-23(22)26-24(28)16-33-14-13-18-7-9-20(10-8-18)19-5-3-2-4-6-19/h2-12,15,17H,13-14,16H2,1H3,(H,26,28)(H,29,30). The number of rotatable bonds is 10. The molecule has 2 N–H and O–H groups in total. The van der Waals surface area contributed by atoms with Crippen molar-refractivity contribution in [2.45, 2.75) is 19.4 Å². The Kier molecular flexibility index (Phi) is 7.88.